The molecule has 0 radical (unpaired) electrons. The van der Waals surface area contributed by atoms with Crippen molar-refractivity contribution in [2.75, 3.05) is 0 Å². The fraction of sp³-hybridized carbons (Fsp3) is 0.533. The van der Waals surface area contributed by atoms with E-state index in [2.05, 4.69) is 19.7 Å². The molecular weight excluding hydrogens is 250 g/mol. The van der Waals surface area contributed by atoms with Crippen LogP contribution in [0.2, 0.25) is 0 Å². The van der Waals surface area contributed by atoms with Crippen molar-refractivity contribution in [1.82, 2.24) is 19.7 Å². The molecule has 1 aliphatic carbocycles. The average Bonchev–Trinajstić information content (AvgIpc) is 2.90. The molecule has 2 N–H and O–H groups in total. The third kappa shape index (κ3) is 2.45. The quantitative estimate of drug-likeness (QED) is 0.931. The molecule has 0 unspecified atom stereocenters. The number of aryl methyl sites for hydroxylation is 1. The van der Waals surface area contributed by atoms with Gasteiger partial charge in [-0.1, -0.05) is 25.3 Å². The maximum absolute atomic E-state index is 5.62. The second-order valence-electron chi connectivity index (χ2n) is 5.49. The van der Waals surface area contributed by atoms with Crippen molar-refractivity contribution in [2.24, 2.45) is 5.73 Å². The first-order valence-electron chi connectivity index (χ1n) is 7.36. The van der Waals surface area contributed by atoms with Gasteiger partial charge in [-0.25, -0.2) is 0 Å². The molecule has 2 aromatic heterocycles. The summed E-state index contributed by atoms with van der Waals surface area (Å²) in [6.07, 6.45) is 8.18. The van der Waals surface area contributed by atoms with E-state index in [1.54, 1.807) is 0 Å². The number of hydrogen-bond acceptors (Lipinski definition) is 4. The zero-order valence-corrected chi connectivity index (χ0v) is 11.9. The van der Waals surface area contributed by atoms with Gasteiger partial charge in [-0.3, -0.25) is 4.98 Å². The highest BCUT2D eigenvalue weighted by Crippen LogP contribution is 2.32. The molecule has 3 rings (SSSR count). The van der Waals surface area contributed by atoms with Gasteiger partial charge in [0, 0.05) is 18.8 Å². The van der Waals surface area contributed by atoms with E-state index in [1.165, 1.54) is 32.1 Å². The van der Waals surface area contributed by atoms with Crippen LogP contribution in [-0.4, -0.2) is 19.7 Å². The van der Waals surface area contributed by atoms with E-state index in [4.69, 9.17) is 5.73 Å². The lowest BCUT2D eigenvalue weighted by Gasteiger charge is -2.25. The van der Waals surface area contributed by atoms with Gasteiger partial charge >= 0.3 is 0 Å². The topological polar surface area (TPSA) is 69.6 Å². The van der Waals surface area contributed by atoms with Crippen LogP contribution >= 0.6 is 0 Å². The van der Waals surface area contributed by atoms with Crippen molar-refractivity contribution in [3.05, 3.63) is 29.7 Å². The highest BCUT2D eigenvalue weighted by Gasteiger charge is 2.22. The van der Waals surface area contributed by atoms with E-state index >= 15 is 0 Å². The van der Waals surface area contributed by atoms with Crippen LogP contribution < -0.4 is 5.73 Å². The van der Waals surface area contributed by atoms with Gasteiger partial charge < -0.3 is 10.3 Å². The van der Waals surface area contributed by atoms with Gasteiger partial charge in [-0.2, -0.15) is 0 Å². The summed E-state index contributed by atoms with van der Waals surface area (Å²) in [6, 6.07) is 4.52. The molecule has 106 valence electrons. The lowest BCUT2D eigenvalue weighted by Crippen LogP contribution is -2.15. The van der Waals surface area contributed by atoms with Gasteiger partial charge in [0.25, 0.3) is 0 Å². The van der Waals surface area contributed by atoms with E-state index in [0.29, 0.717) is 12.6 Å². The summed E-state index contributed by atoms with van der Waals surface area (Å²) in [5.74, 6) is 1.87. The van der Waals surface area contributed by atoms with Crippen LogP contribution in [0.3, 0.4) is 0 Å². The smallest absolute Gasteiger partial charge is 0.182 e. The van der Waals surface area contributed by atoms with E-state index < -0.39 is 0 Å². The average molecular weight is 271 g/mol. The minimum atomic E-state index is 0.515. The Hall–Kier alpha value is -1.75. The highest BCUT2D eigenvalue weighted by molar-refractivity contribution is 5.50. The molecule has 1 aliphatic rings. The summed E-state index contributed by atoms with van der Waals surface area (Å²) in [4.78, 5) is 4.49. The number of pyridine rings is 1. The summed E-state index contributed by atoms with van der Waals surface area (Å²) >= 11 is 0. The molecule has 20 heavy (non-hydrogen) atoms. The summed E-state index contributed by atoms with van der Waals surface area (Å²) in [5.41, 5.74) is 7.54. The third-order valence-corrected chi connectivity index (χ3v) is 4.10. The molecule has 0 aliphatic heterocycles. The lowest BCUT2D eigenvalue weighted by molar-refractivity contribution is 0.350. The normalized spacial score (nSPS) is 16.5. The lowest BCUT2D eigenvalue weighted by atomic mass is 9.95. The van der Waals surface area contributed by atoms with Crippen LogP contribution in [0.4, 0.5) is 0 Å². The fourth-order valence-electron chi connectivity index (χ4n) is 3.00. The maximum atomic E-state index is 5.62. The van der Waals surface area contributed by atoms with Crippen LogP contribution in [0, 0.1) is 6.92 Å². The SMILES string of the molecule is Cc1nnc(-c2ccc(CN)cn2)n1C1CCCCC1. The minimum absolute atomic E-state index is 0.515. The number of aromatic nitrogens is 4. The van der Waals surface area contributed by atoms with Gasteiger partial charge in [0.1, 0.15) is 11.5 Å². The first-order chi connectivity index (χ1) is 9.79. The second kappa shape index (κ2) is 5.71. The van der Waals surface area contributed by atoms with Crippen LogP contribution in [0.5, 0.6) is 0 Å². The van der Waals surface area contributed by atoms with Gasteiger partial charge in [-0.05, 0) is 31.4 Å². The van der Waals surface area contributed by atoms with Crippen molar-refractivity contribution in [1.29, 1.82) is 0 Å². The summed E-state index contributed by atoms with van der Waals surface area (Å²) in [6.45, 7) is 2.54. The van der Waals surface area contributed by atoms with Gasteiger partial charge in [0.05, 0.1) is 0 Å². The molecule has 5 heteroatoms. The monoisotopic (exact) mass is 271 g/mol. The number of nitrogens with zero attached hydrogens (tertiary/aromatic N) is 4. The molecule has 1 fully saturated rings. The largest absolute Gasteiger partial charge is 0.326 e. The molecule has 1 saturated carbocycles. The van der Waals surface area contributed by atoms with Gasteiger partial charge in [-0.15, -0.1) is 10.2 Å². The van der Waals surface area contributed by atoms with Crippen LogP contribution in [0.25, 0.3) is 11.5 Å². The van der Waals surface area contributed by atoms with Crippen molar-refractivity contribution >= 4 is 0 Å². The molecule has 5 nitrogen and oxygen atoms in total. The Labute approximate surface area is 119 Å². The Bertz CT molecular complexity index is 566. The zero-order valence-electron chi connectivity index (χ0n) is 11.9. The van der Waals surface area contributed by atoms with Crippen molar-refractivity contribution in [3.8, 4) is 11.5 Å². The van der Waals surface area contributed by atoms with Crippen molar-refractivity contribution in [2.45, 2.75) is 51.6 Å². The van der Waals surface area contributed by atoms with E-state index in [1.807, 2.05) is 25.3 Å². The van der Waals surface area contributed by atoms with Crippen LogP contribution in [0.15, 0.2) is 18.3 Å². The Balaban J connectivity index is 1.96. The zero-order chi connectivity index (χ0) is 13.9. The third-order valence-electron chi connectivity index (χ3n) is 4.10. The molecule has 0 atom stereocenters. The fourth-order valence-corrected chi connectivity index (χ4v) is 3.00. The Morgan fingerprint density at radius 2 is 2.00 bits per heavy atom. The second-order valence-corrected chi connectivity index (χ2v) is 5.49. The Kier molecular flexibility index (Phi) is 3.78. The Morgan fingerprint density at radius 1 is 1.20 bits per heavy atom. The molecule has 0 aromatic carbocycles. The maximum Gasteiger partial charge on any atom is 0.182 e. The summed E-state index contributed by atoms with van der Waals surface area (Å²) in [7, 11) is 0. The van der Waals surface area contributed by atoms with Gasteiger partial charge in [0.2, 0.25) is 0 Å². The minimum Gasteiger partial charge on any atom is -0.326 e. The number of nitrogens with two attached hydrogens (primary N) is 1. The molecule has 0 spiro atoms. The molecule has 0 saturated heterocycles. The predicted octanol–water partition coefficient (Wildman–Crippen LogP) is 2.61. The van der Waals surface area contributed by atoms with E-state index in [9.17, 15) is 0 Å². The Morgan fingerprint density at radius 3 is 2.65 bits per heavy atom. The van der Waals surface area contributed by atoms with E-state index in [-0.39, 0.29) is 0 Å². The molecule has 2 heterocycles. The van der Waals surface area contributed by atoms with Crippen LogP contribution in [-0.2, 0) is 6.54 Å². The number of hydrogen-bond donors (Lipinski definition) is 1. The van der Waals surface area contributed by atoms with Crippen LogP contribution in [0.1, 0.15) is 49.5 Å². The standard InChI is InChI=1S/C15H21N5/c1-11-18-19-15(14-8-7-12(9-16)10-17-14)20(11)13-5-3-2-4-6-13/h7-8,10,13H,2-6,9,16H2,1H3. The summed E-state index contributed by atoms with van der Waals surface area (Å²) < 4.78 is 2.27. The molecular formula is C15H21N5. The number of rotatable bonds is 3. The van der Waals surface area contributed by atoms with Gasteiger partial charge in [0.15, 0.2) is 5.82 Å². The van der Waals surface area contributed by atoms with Crippen molar-refractivity contribution in [3.63, 3.8) is 0 Å². The first-order valence-corrected chi connectivity index (χ1v) is 7.36. The molecule has 2 aromatic rings. The molecule has 0 amide bonds. The van der Waals surface area contributed by atoms with E-state index in [0.717, 1.165) is 22.9 Å². The summed E-state index contributed by atoms with van der Waals surface area (Å²) in [5, 5.41) is 8.59. The van der Waals surface area contributed by atoms with Crippen molar-refractivity contribution < 1.29 is 0 Å². The highest BCUT2D eigenvalue weighted by atomic mass is 15.3. The first kappa shape index (κ1) is 13.2. The molecule has 0 bridgehead atoms. The predicted molar refractivity (Wildman–Crippen MR) is 78.0 cm³/mol.